The number of amides is 3. The highest BCUT2D eigenvalue weighted by atomic mass is 19.4. The van der Waals surface area contributed by atoms with Gasteiger partial charge in [-0.25, -0.2) is 4.68 Å². The second-order valence-electron chi connectivity index (χ2n) is 10.9. The van der Waals surface area contributed by atoms with Crippen molar-refractivity contribution in [1.82, 2.24) is 15.1 Å². The lowest BCUT2D eigenvalue weighted by Gasteiger charge is -2.38. The number of halogens is 3. The van der Waals surface area contributed by atoms with Crippen LogP contribution in [-0.2, 0) is 15.8 Å². The van der Waals surface area contributed by atoms with Gasteiger partial charge < -0.3 is 10.6 Å². The van der Waals surface area contributed by atoms with Crippen LogP contribution in [0.2, 0.25) is 0 Å². The topological polar surface area (TPSA) is 96.3 Å². The molecule has 0 spiro atoms. The first-order valence-corrected chi connectivity index (χ1v) is 14.7. The number of rotatable bonds is 7. The van der Waals surface area contributed by atoms with Crippen LogP contribution in [0, 0.1) is 0 Å². The van der Waals surface area contributed by atoms with Gasteiger partial charge in [-0.05, 0) is 68.1 Å². The molecule has 1 aliphatic carbocycles. The molecule has 11 heteroatoms. The van der Waals surface area contributed by atoms with E-state index in [0.717, 1.165) is 31.0 Å². The first kappa shape index (κ1) is 29.9. The molecular formula is C34H30F3N5O3. The molecule has 2 N–H and O–H groups in total. The number of alkyl halides is 3. The minimum Gasteiger partial charge on any atom is -0.339 e. The Balaban J connectivity index is 1.47. The summed E-state index contributed by atoms with van der Waals surface area (Å²) in [5, 5.41) is 10.4. The number of hydrogen-bond acceptors (Lipinski definition) is 4. The van der Waals surface area contributed by atoms with E-state index in [0.29, 0.717) is 40.3 Å². The molecule has 8 nitrogen and oxygen atoms in total. The summed E-state index contributed by atoms with van der Waals surface area (Å²) < 4.78 is 42.0. The number of fused-ring (bicyclic) bond motifs is 1. The van der Waals surface area contributed by atoms with Crippen LogP contribution in [0.15, 0.2) is 96.7 Å². The van der Waals surface area contributed by atoms with Gasteiger partial charge in [-0.2, -0.15) is 18.3 Å². The molecule has 0 saturated heterocycles. The third-order valence-corrected chi connectivity index (χ3v) is 8.16. The predicted molar refractivity (Wildman–Crippen MR) is 163 cm³/mol. The molecule has 3 amide bonds. The van der Waals surface area contributed by atoms with Gasteiger partial charge in [0.25, 0.3) is 17.7 Å². The molecule has 230 valence electrons. The van der Waals surface area contributed by atoms with Crippen molar-refractivity contribution in [2.75, 3.05) is 16.8 Å². The summed E-state index contributed by atoms with van der Waals surface area (Å²) in [6.45, 7) is 2.03. The zero-order chi connectivity index (χ0) is 31.7. The van der Waals surface area contributed by atoms with Crippen molar-refractivity contribution < 1.29 is 27.6 Å². The van der Waals surface area contributed by atoms with Crippen molar-refractivity contribution in [2.24, 2.45) is 0 Å². The van der Waals surface area contributed by atoms with E-state index in [1.807, 2.05) is 36.4 Å². The van der Waals surface area contributed by atoms with E-state index in [4.69, 9.17) is 0 Å². The van der Waals surface area contributed by atoms with Crippen molar-refractivity contribution in [1.29, 1.82) is 0 Å². The van der Waals surface area contributed by atoms with Crippen LogP contribution in [0.5, 0.6) is 0 Å². The summed E-state index contributed by atoms with van der Waals surface area (Å²) in [5.41, 5.74) is 1.79. The van der Waals surface area contributed by atoms with Gasteiger partial charge in [0.1, 0.15) is 11.9 Å². The molecule has 0 fully saturated rings. The molecule has 0 radical (unpaired) electrons. The number of nitrogens with one attached hydrogen (secondary N) is 2. The van der Waals surface area contributed by atoms with Crippen molar-refractivity contribution in [3.63, 3.8) is 0 Å². The monoisotopic (exact) mass is 613 g/mol. The Bertz CT molecular complexity index is 1800. The molecule has 0 bridgehead atoms. The highest BCUT2D eigenvalue weighted by Crippen LogP contribution is 2.44. The van der Waals surface area contributed by atoms with Crippen LogP contribution < -0.4 is 15.5 Å². The highest BCUT2D eigenvalue weighted by molar-refractivity contribution is 6.07. The van der Waals surface area contributed by atoms with Crippen LogP contribution in [0.1, 0.15) is 59.2 Å². The third-order valence-electron chi connectivity index (χ3n) is 8.16. The molecule has 2 heterocycles. The average Bonchev–Trinajstić information content (AvgIpc) is 3.74. The lowest BCUT2D eigenvalue weighted by Crippen LogP contribution is -2.55. The maximum atomic E-state index is 14.3. The van der Waals surface area contributed by atoms with E-state index < -0.39 is 35.5 Å². The van der Waals surface area contributed by atoms with Crippen LogP contribution in [0.25, 0.3) is 5.69 Å². The molecule has 2 aliphatic rings. The minimum absolute atomic E-state index is 0.236. The van der Waals surface area contributed by atoms with Crippen LogP contribution in [0.3, 0.4) is 0 Å². The molecule has 6 rings (SSSR count). The van der Waals surface area contributed by atoms with Crippen molar-refractivity contribution >= 4 is 29.2 Å². The lowest BCUT2D eigenvalue weighted by molar-refractivity contribution is -0.137. The number of carbonyl (C=O) groups is 3. The standard InChI is InChI=1S/C34H30F3N5O3/c1-2-41-32-26(20-38-42(32)24-15-4-3-5-16-24)28(25-17-8-9-18-27(25)39-30(43)21-11-6-7-12-21)29(33(41)45)40-31(44)22-13-10-14-23(19-22)34(35,36)37/h3-5,8-11,13-20,28-29H,2,6-7,12H2,1H3,(H,39,43)(H,40,44)/t28-,29+/m0/s1. The van der Waals surface area contributed by atoms with Gasteiger partial charge in [-0.15, -0.1) is 0 Å². The number of aromatic nitrogens is 2. The number of likely N-dealkylation sites (N-methyl/N-ethyl adjacent to an activating group) is 1. The third kappa shape index (κ3) is 5.73. The van der Waals surface area contributed by atoms with Crippen LogP contribution in [0.4, 0.5) is 24.7 Å². The summed E-state index contributed by atoms with van der Waals surface area (Å²) in [6, 6.07) is 19.1. The number of benzene rings is 3. The number of hydrogen-bond donors (Lipinski definition) is 2. The SMILES string of the molecule is CCN1C(=O)[C@H](NC(=O)c2cccc(C(F)(F)F)c2)[C@@H](c2ccccc2NC(=O)C2=CCCC2)c2cnn(-c3ccccc3)c21. The van der Waals surface area contributed by atoms with Crippen molar-refractivity contribution in [3.8, 4) is 5.69 Å². The fourth-order valence-electron chi connectivity index (χ4n) is 6.02. The molecule has 1 aliphatic heterocycles. The second-order valence-corrected chi connectivity index (χ2v) is 10.9. The number of carbonyl (C=O) groups excluding carboxylic acids is 3. The lowest BCUT2D eigenvalue weighted by atomic mass is 9.81. The molecule has 45 heavy (non-hydrogen) atoms. The normalized spacial score (nSPS) is 17.9. The van der Waals surface area contributed by atoms with Gasteiger partial charge in [0.05, 0.1) is 17.4 Å². The maximum absolute atomic E-state index is 14.3. The minimum atomic E-state index is -4.65. The Morgan fingerprint density at radius 2 is 1.71 bits per heavy atom. The fourth-order valence-corrected chi connectivity index (χ4v) is 6.02. The fraction of sp³-hybridized carbons (Fsp3) is 0.235. The van der Waals surface area contributed by atoms with E-state index >= 15 is 0 Å². The Labute approximate surface area is 257 Å². The zero-order valence-electron chi connectivity index (χ0n) is 24.3. The number of nitrogens with zero attached hydrogens (tertiary/aromatic N) is 3. The van der Waals surface area contributed by atoms with Crippen LogP contribution >= 0.6 is 0 Å². The van der Waals surface area contributed by atoms with Gasteiger partial charge in [0.2, 0.25) is 0 Å². The maximum Gasteiger partial charge on any atom is 0.416 e. The molecule has 2 atom stereocenters. The van der Waals surface area contributed by atoms with Crippen molar-refractivity contribution in [2.45, 2.75) is 44.3 Å². The van der Waals surface area contributed by atoms with Crippen molar-refractivity contribution in [3.05, 3.63) is 119 Å². The van der Waals surface area contributed by atoms with E-state index in [1.54, 1.807) is 42.1 Å². The Morgan fingerprint density at radius 1 is 0.956 bits per heavy atom. The molecular weight excluding hydrogens is 583 g/mol. The quantitative estimate of drug-likeness (QED) is 0.258. The van der Waals surface area contributed by atoms with E-state index in [-0.39, 0.29) is 18.0 Å². The van der Waals surface area contributed by atoms with E-state index in [1.165, 1.54) is 11.0 Å². The Hall–Kier alpha value is -5.19. The molecule has 4 aromatic rings. The Kier molecular flexibility index (Phi) is 8.01. The first-order chi connectivity index (χ1) is 21.7. The molecule has 0 saturated carbocycles. The molecule has 0 unspecified atom stereocenters. The summed E-state index contributed by atoms with van der Waals surface area (Å²) >= 11 is 0. The molecule has 1 aromatic heterocycles. The van der Waals surface area contributed by atoms with Gasteiger partial charge in [0, 0.05) is 34.9 Å². The number of anilines is 2. The average molecular weight is 614 g/mol. The first-order valence-electron chi connectivity index (χ1n) is 14.7. The largest absolute Gasteiger partial charge is 0.416 e. The molecule has 3 aromatic carbocycles. The summed E-state index contributed by atoms with van der Waals surface area (Å²) in [5.74, 6) is -1.88. The van der Waals surface area contributed by atoms with Crippen LogP contribution in [-0.4, -0.2) is 40.1 Å². The zero-order valence-corrected chi connectivity index (χ0v) is 24.3. The summed E-state index contributed by atoms with van der Waals surface area (Å²) in [4.78, 5) is 42.5. The van der Waals surface area contributed by atoms with E-state index in [2.05, 4.69) is 15.7 Å². The van der Waals surface area contributed by atoms with Gasteiger partial charge >= 0.3 is 6.18 Å². The summed E-state index contributed by atoms with van der Waals surface area (Å²) in [7, 11) is 0. The van der Waals surface area contributed by atoms with Gasteiger partial charge in [0.15, 0.2) is 0 Å². The second kappa shape index (κ2) is 12.1. The Morgan fingerprint density at radius 3 is 2.42 bits per heavy atom. The smallest absolute Gasteiger partial charge is 0.339 e. The van der Waals surface area contributed by atoms with Gasteiger partial charge in [-0.1, -0.05) is 48.5 Å². The number of para-hydroxylation sites is 2. The highest BCUT2D eigenvalue weighted by Gasteiger charge is 2.45. The number of allylic oxidation sites excluding steroid dienone is 1. The predicted octanol–water partition coefficient (Wildman–Crippen LogP) is 6.24. The summed E-state index contributed by atoms with van der Waals surface area (Å²) in [6.07, 6.45) is 1.25. The van der Waals surface area contributed by atoms with E-state index in [9.17, 15) is 27.6 Å². The van der Waals surface area contributed by atoms with Gasteiger partial charge in [-0.3, -0.25) is 19.3 Å².